The van der Waals surface area contributed by atoms with Gasteiger partial charge < -0.3 is 4.90 Å². The smallest absolute Gasteiger partial charge is 0.299 e. The molecule has 0 fully saturated rings. The fourth-order valence-electron chi connectivity index (χ4n) is 2.47. The summed E-state index contributed by atoms with van der Waals surface area (Å²) in [6.07, 6.45) is 0. The van der Waals surface area contributed by atoms with E-state index in [2.05, 4.69) is 15.9 Å². The van der Waals surface area contributed by atoms with Crippen LogP contribution < -0.4 is 4.90 Å². The molecular formula is C16H11BrFNO2. The van der Waals surface area contributed by atoms with Crippen molar-refractivity contribution in [3.05, 3.63) is 63.4 Å². The van der Waals surface area contributed by atoms with Crippen LogP contribution in [0.15, 0.2) is 40.9 Å². The van der Waals surface area contributed by atoms with E-state index in [1.807, 2.05) is 0 Å². The first-order chi connectivity index (χ1) is 9.99. The summed E-state index contributed by atoms with van der Waals surface area (Å²) in [6.45, 7) is 2.03. The van der Waals surface area contributed by atoms with E-state index < -0.39 is 11.7 Å². The highest BCUT2D eigenvalue weighted by molar-refractivity contribution is 9.10. The predicted octanol–water partition coefficient (Wildman–Crippen LogP) is 3.63. The van der Waals surface area contributed by atoms with Gasteiger partial charge in [0.05, 0.1) is 17.8 Å². The number of anilines is 1. The number of benzene rings is 2. The predicted molar refractivity (Wildman–Crippen MR) is 80.8 cm³/mol. The molecule has 0 saturated carbocycles. The minimum Gasteiger partial charge on any atom is -0.300 e. The van der Waals surface area contributed by atoms with Crippen molar-refractivity contribution in [2.45, 2.75) is 13.5 Å². The Balaban J connectivity index is 2.03. The van der Waals surface area contributed by atoms with Crippen LogP contribution in [0.3, 0.4) is 0 Å². The molecule has 2 aromatic rings. The van der Waals surface area contributed by atoms with Gasteiger partial charge >= 0.3 is 0 Å². The molecule has 0 spiro atoms. The second-order valence-electron chi connectivity index (χ2n) is 4.93. The first kappa shape index (κ1) is 13.9. The van der Waals surface area contributed by atoms with Gasteiger partial charge in [-0.1, -0.05) is 12.1 Å². The first-order valence-corrected chi connectivity index (χ1v) is 7.18. The molecule has 0 aliphatic carbocycles. The zero-order valence-corrected chi connectivity index (χ0v) is 12.8. The van der Waals surface area contributed by atoms with Crippen molar-refractivity contribution in [1.82, 2.24) is 0 Å². The largest absolute Gasteiger partial charge is 0.300 e. The fraction of sp³-hybridized carbons (Fsp3) is 0.125. The summed E-state index contributed by atoms with van der Waals surface area (Å²) in [5.41, 5.74) is 2.54. The zero-order chi connectivity index (χ0) is 15.1. The van der Waals surface area contributed by atoms with Crippen molar-refractivity contribution in [2.24, 2.45) is 0 Å². The highest BCUT2D eigenvalue weighted by atomic mass is 79.9. The Morgan fingerprint density at radius 3 is 2.67 bits per heavy atom. The molecule has 1 heterocycles. The van der Waals surface area contributed by atoms with Gasteiger partial charge in [-0.25, -0.2) is 4.39 Å². The lowest BCUT2D eigenvalue weighted by atomic mass is 10.1. The van der Waals surface area contributed by atoms with Gasteiger partial charge in [0.15, 0.2) is 0 Å². The van der Waals surface area contributed by atoms with E-state index >= 15 is 0 Å². The number of fused-ring (bicyclic) bond motifs is 1. The van der Waals surface area contributed by atoms with Gasteiger partial charge in [-0.05, 0) is 58.2 Å². The number of halogens is 2. The summed E-state index contributed by atoms with van der Waals surface area (Å²) < 4.78 is 13.8. The number of Topliss-reactive ketones (excluding diaryl/α,β-unsaturated/α-hetero) is 1. The second kappa shape index (κ2) is 5.07. The van der Waals surface area contributed by atoms with Gasteiger partial charge in [-0.15, -0.1) is 0 Å². The molecule has 106 valence electrons. The quantitative estimate of drug-likeness (QED) is 0.778. The Labute approximate surface area is 129 Å². The maximum absolute atomic E-state index is 13.2. The highest BCUT2D eigenvalue weighted by Crippen LogP contribution is 2.35. The van der Waals surface area contributed by atoms with Crippen molar-refractivity contribution in [3.8, 4) is 0 Å². The number of aryl methyl sites for hydroxylation is 1. The van der Waals surface area contributed by atoms with Crippen molar-refractivity contribution >= 4 is 33.3 Å². The third kappa shape index (κ3) is 2.27. The van der Waals surface area contributed by atoms with E-state index in [-0.39, 0.29) is 12.4 Å². The normalized spacial score (nSPS) is 13.8. The fourth-order valence-corrected chi connectivity index (χ4v) is 3.00. The number of carbonyl (C=O) groups excluding carboxylic acids is 2. The minimum absolute atomic E-state index is 0.250. The van der Waals surface area contributed by atoms with Gasteiger partial charge in [0.1, 0.15) is 5.82 Å². The van der Waals surface area contributed by atoms with Crippen LogP contribution in [0.5, 0.6) is 0 Å². The van der Waals surface area contributed by atoms with Crippen LogP contribution in [0.25, 0.3) is 0 Å². The molecule has 0 aromatic heterocycles. The molecule has 1 aliphatic heterocycles. The van der Waals surface area contributed by atoms with Crippen molar-refractivity contribution < 1.29 is 14.0 Å². The summed E-state index contributed by atoms with van der Waals surface area (Å²) in [6, 6.07) is 9.65. The number of amides is 1. The van der Waals surface area contributed by atoms with Crippen LogP contribution in [0.2, 0.25) is 0 Å². The van der Waals surface area contributed by atoms with E-state index in [9.17, 15) is 14.0 Å². The average molecular weight is 348 g/mol. The Morgan fingerprint density at radius 1 is 1.19 bits per heavy atom. The molecule has 5 heteroatoms. The number of hydrogen-bond donors (Lipinski definition) is 0. The maximum atomic E-state index is 13.2. The number of nitrogens with zero attached hydrogens (tertiary/aromatic N) is 1. The molecule has 0 atom stereocenters. The molecule has 3 nitrogen and oxygen atoms in total. The Morgan fingerprint density at radius 2 is 1.95 bits per heavy atom. The molecule has 0 N–H and O–H groups in total. The van der Waals surface area contributed by atoms with Gasteiger partial charge in [0.2, 0.25) is 0 Å². The van der Waals surface area contributed by atoms with E-state index in [4.69, 9.17) is 0 Å². The number of carbonyl (C=O) groups is 2. The molecule has 0 unspecified atom stereocenters. The van der Waals surface area contributed by atoms with Crippen LogP contribution in [0.4, 0.5) is 10.1 Å². The lowest BCUT2D eigenvalue weighted by Crippen LogP contribution is -2.29. The van der Waals surface area contributed by atoms with Gasteiger partial charge in [0.25, 0.3) is 11.7 Å². The summed E-state index contributed by atoms with van der Waals surface area (Å²) in [5.74, 6) is -1.39. The minimum atomic E-state index is -0.555. The Kier molecular flexibility index (Phi) is 3.37. The number of rotatable bonds is 2. The molecule has 0 radical (unpaired) electrons. The summed E-state index contributed by atoms with van der Waals surface area (Å²) >= 11 is 3.30. The molecule has 1 amide bonds. The van der Waals surface area contributed by atoms with Gasteiger partial charge in [-0.2, -0.15) is 0 Å². The van der Waals surface area contributed by atoms with Crippen molar-refractivity contribution in [1.29, 1.82) is 0 Å². The van der Waals surface area contributed by atoms with Gasteiger partial charge in [-0.3, -0.25) is 9.59 Å². The standard InChI is InChI=1S/C16H11BrFNO2/c1-9-7-11(18)6-5-10(9)8-19-13-4-2-3-12(17)14(13)15(20)16(19)21/h2-7H,8H2,1H3. The van der Waals surface area contributed by atoms with Crippen molar-refractivity contribution in [2.75, 3.05) is 4.90 Å². The number of ketones is 1. The summed E-state index contributed by atoms with van der Waals surface area (Å²) in [5, 5.41) is 0. The lowest BCUT2D eigenvalue weighted by molar-refractivity contribution is -0.114. The molecule has 3 rings (SSSR count). The monoisotopic (exact) mass is 347 g/mol. The Hall–Kier alpha value is -2.01. The second-order valence-corrected chi connectivity index (χ2v) is 5.78. The third-order valence-corrected chi connectivity index (χ3v) is 4.24. The van der Waals surface area contributed by atoms with Crippen LogP contribution in [-0.4, -0.2) is 11.7 Å². The van der Waals surface area contributed by atoms with E-state index in [0.717, 1.165) is 11.1 Å². The van der Waals surface area contributed by atoms with Crippen molar-refractivity contribution in [3.63, 3.8) is 0 Å². The Bertz CT molecular complexity index is 773. The van der Waals surface area contributed by atoms with Crippen LogP contribution in [0, 0.1) is 12.7 Å². The summed E-state index contributed by atoms with van der Waals surface area (Å²) in [4.78, 5) is 25.7. The first-order valence-electron chi connectivity index (χ1n) is 6.39. The molecular weight excluding hydrogens is 337 g/mol. The summed E-state index contributed by atoms with van der Waals surface area (Å²) in [7, 11) is 0. The molecule has 0 bridgehead atoms. The van der Waals surface area contributed by atoms with Crippen LogP contribution in [0.1, 0.15) is 21.5 Å². The van der Waals surface area contributed by atoms with E-state index in [1.54, 1.807) is 31.2 Å². The van der Waals surface area contributed by atoms with E-state index in [1.165, 1.54) is 17.0 Å². The average Bonchev–Trinajstić information content (AvgIpc) is 2.68. The van der Waals surface area contributed by atoms with Crippen LogP contribution >= 0.6 is 15.9 Å². The third-order valence-electron chi connectivity index (χ3n) is 3.58. The molecule has 0 saturated heterocycles. The van der Waals surface area contributed by atoms with Gasteiger partial charge in [0, 0.05) is 4.47 Å². The highest BCUT2D eigenvalue weighted by Gasteiger charge is 2.37. The molecule has 21 heavy (non-hydrogen) atoms. The van der Waals surface area contributed by atoms with E-state index in [0.29, 0.717) is 15.7 Å². The molecule has 1 aliphatic rings. The lowest BCUT2D eigenvalue weighted by Gasteiger charge is -2.18. The zero-order valence-electron chi connectivity index (χ0n) is 11.2. The SMILES string of the molecule is Cc1cc(F)ccc1CN1C(=O)C(=O)c2c(Br)cccc21. The number of hydrogen-bond acceptors (Lipinski definition) is 2. The molecule has 2 aromatic carbocycles. The maximum Gasteiger partial charge on any atom is 0.299 e. The van der Waals surface area contributed by atoms with Crippen LogP contribution in [-0.2, 0) is 11.3 Å². The topological polar surface area (TPSA) is 37.4 Å².